The third-order valence-electron chi connectivity index (χ3n) is 4.69. The lowest BCUT2D eigenvalue weighted by Gasteiger charge is -2.27. The fraction of sp³-hybridized carbons (Fsp3) is 0.333. The number of hydrogen-bond donors (Lipinski definition) is 2. The Bertz CT molecular complexity index is 935. The van der Waals surface area contributed by atoms with Gasteiger partial charge in [0.05, 0.1) is 23.2 Å². The Morgan fingerprint density at radius 2 is 1.88 bits per heavy atom. The van der Waals surface area contributed by atoms with E-state index in [9.17, 15) is 13.2 Å². The van der Waals surface area contributed by atoms with Crippen LogP contribution in [0.4, 0.5) is 17.2 Å². The van der Waals surface area contributed by atoms with Crippen molar-refractivity contribution in [3.05, 3.63) is 42.1 Å². The topological polar surface area (TPSA) is 91.4 Å². The highest BCUT2D eigenvalue weighted by Crippen LogP contribution is 2.27. The molecule has 2 aliphatic rings. The molecule has 2 aromatic rings. The molecule has 0 unspecified atom stereocenters. The Labute approximate surface area is 152 Å². The van der Waals surface area contributed by atoms with E-state index in [4.69, 9.17) is 0 Å². The number of nitrogens with one attached hydrogen (secondary N) is 2. The Morgan fingerprint density at radius 3 is 2.62 bits per heavy atom. The molecule has 1 aromatic heterocycles. The van der Waals surface area contributed by atoms with Gasteiger partial charge in [-0.05, 0) is 55.2 Å². The van der Waals surface area contributed by atoms with Gasteiger partial charge in [-0.15, -0.1) is 0 Å². The molecular formula is C18H20N4O3S. The summed E-state index contributed by atoms with van der Waals surface area (Å²) in [5, 5.41) is 2.69. The molecular weight excluding hydrogens is 352 g/mol. The fourth-order valence-electron chi connectivity index (χ4n) is 3.34. The number of amides is 1. The minimum Gasteiger partial charge on any atom is -0.357 e. The summed E-state index contributed by atoms with van der Waals surface area (Å²) in [5.74, 6) is 0.745. The van der Waals surface area contributed by atoms with E-state index in [1.165, 1.54) is 18.6 Å². The Morgan fingerprint density at radius 1 is 1.08 bits per heavy atom. The summed E-state index contributed by atoms with van der Waals surface area (Å²) in [6, 6.07) is 8.21. The van der Waals surface area contributed by atoms with Gasteiger partial charge in [0.15, 0.2) is 0 Å². The van der Waals surface area contributed by atoms with Gasteiger partial charge >= 0.3 is 0 Å². The van der Waals surface area contributed by atoms with Crippen molar-refractivity contribution in [2.75, 3.05) is 28.0 Å². The number of carbonyl (C=O) groups is 1. The van der Waals surface area contributed by atoms with Crippen LogP contribution in [0.25, 0.3) is 0 Å². The highest BCUT2D eigenvalue weighted by atomic mass is 32.2. The lowest BCUT2D eigenvalue weighted by atomic mass is 10.1. The van der Waals surface area contributed by atoms with Gasteiger partial charge in [-0.2, -0.15) is 0 Å². The molecule has 2 aliphatic heterocycles. The lowest BCUT2D eigenvalue weighted by molar-refractivity contribution is -0.115. The van der Waals surface area contributed by atoms with Gasteiger partial charge in [-0.1, -0.05) is 0 Å². The van der Waals surface area contributed by atoms with Gasteiger partial charge in [-0.25, -0.2) is 13.4 Å². The zero-order chi connectivity index (χ0) is 18.1. The standard InChI is InChI=1S/C18H20N4O3S/c23-18-11-13-10-15(5-6-16(13)20-18)26(24,25)21-14-4-7-17(19-12-14)22-8-2-1-3-9-22/h4-7,10,12,21H,1-3,8-9,11H2,(H,20,23). The van der Waals surface area contributed by atoms with Crippen LogP contribution in [0.1, 0.15) is 24.8 Å². The SMILES string of the molecule is O=C1Cc2cc(S(=O)(=O)Nc3ccc(N4CCCCC4)nc3)ccc2N1. The first kappa shape index (κ1) is 16.8. The van der Waals surface area contributed by atoms with E-state index in [-0.39, 0.29) is 17.2 Å². The van der Waals surface area contributed by atoms with E-state index in [1.807, 2.05) is 6.07 Å². The van der Waals surface area contributed by atoms with Gasteiger partial charge in [0.2, 0.25) is 5.91 Å². The molecule has 136 valence electrons. The average Bonchev–Trinajstić information content (AvgIpc) is 3.02. The van der Waals surface area contributed by atoms with Crippen molar-refractivity contribution in [1.29, 1.82) is 0 Å². The largest absolute Gasteiger partial charge is 0.357 e. The summed E-state index contributed by atoms with van der Waals surface area (Å²) < 4.78 is 27.8. The maximum absolute atomic E-state index is 12.6. The number of fused-ring (bicyclic) bond motifs is 1. The van der Waals surface area contributed by atoms with Gasteiger partial charge in [0, 0.05) is 18.8 Å². The summed E-state index contributed by atoms with van der Waals surface area (Å²) in [4.78, 5) is 18.2. The number of aromatic nitrogens is 1. The first-order valence-corrected chi connectivity index (χ1v) is 10.2. The molecule has 1 aromatic carbocycles. The number of nitrogens with zero attached hydrogens (tertiary/aromatic N) is 2. The second kappa shape index (κ2) is 6.60. The van der Waals surface area contributed by atoms with Crippen LogP contribution in [0.3, 0.4) is 0 Å². The Kier molecular flexibility index (Phi) is 4.28. The molecule has 2 N–H and O–H groups in total. The third-order valence-corrected chi connectivity index (χ3v) is 6.07. The Balaban J connectivity index is 1.51. The van der Waals surface area contributed by atoms with Crippen molar-refractivity contribution in [3.8, 4) is 0 Å². The van der Waals surface area contributed by atoms with Crippen LogP contribution in [-0.4, -0.2) is 32.4 Å². The molecule has 4 rings (SSSR count). The van der Waals surface area contributed by atoms with Gasteiger partial charge in [0.25, 0.3) is 10.0 Å². The molecule has 0 spiro atoms. The fourth-order valence-corrected chi connectivity index (χ4v) is 4.44. The van der Waals surface area contributed by atoms with E-state index in [0.29, 0.717) is 16.9 Å². The molecule has 0 aliphatic carbocycles. The van der Waals surface area contributed by atoms with Crippen molar-refractivity contribution in [3.63, 3.8) is 0 Å². The number of anilines is 3. The van der Waals surface area contributed by atoms with Gasteiger partial charge < -0.3 is 10.2 Å². The van der Waals surface area contributed by atoms with E-state index >= 15 is 0 Å². The molecule has 1 saturated heterocycles. The van der Waals surface area contributed by atoms with E-state index in [2.05, 4.69) is 19.9 Å². The second-order valence-corrected chi connectivity index (χ2v) is 8.28. The summed E-state index contributed by atoms with van der Waals surface area (Å²) in [6.07, 6.45) is 5.30. The van der Waals surface area contributed by atoms with Crippen molar-refractivity contribution < 1.29 is 13.2 Å². The molecule has 1 amide bonds. The summed E-state index contributed by atoms with van der Waals surface area (Å²) in [7, 11) is -3.73. The molecule has 7 nitrogen and oxygen atoms in total. The average molecular weight is 372 g/mol. The zero-order valence-electron chi connectivity index (χ0n) is 14.2. The molecule has 8 heteroatoms. The van der Waals surface area contributed by atoms with Crippen LogP contribution in [0, 0.1) is 0 Å². The number of pyridine rings is 1. The van der Waals surface area contributed by atoms with Crippen LogP contribution >= 0.6 is 0 Å². The van der Waals surface area contributed by atoms with E-state index in [0.717, 1.165) is 31.7 Å². The third kappa shape index (κ3) is 3.37. The molecule has 1 fully saturated rings. The lowest BCUT2D eigenvalue weighted by Crippen LogP contribution is -2.30. The number of hydrogen-bond acceptors (Lipinski definition) is 5. The van der Waals surface area contributed by atoms with Crippen molar-refractivity contribution >= 4 is 33.1 Å². The highest BCUT2D eigenvalue weighted by Gasteiger charge is 2.22. The quantitative estimate of drug-likeness (QED) is 0.860. The number of sulfonamides is 1. The molecule has 3 heterocycles. The predicted octanol–water partition coefficient (Wildman–Crippen LogP) is 2.37. The van der Waals surface area contributed by atoms with Crippen molar-refractivity contribution in [2.45, 2.75) is 30.6 Å². The first-order valence-electron chi connectivity index (χ1n) is 8.68. The van der Waals surface area contributed by atoms with Crippen molar-refractivity contribution in [1.82, 2.24) is 4.98 Å². The van der Waals surface area contributed by atoms with E-state index in [1.54, 1.807) is 18.3 Å². The van der Waals surface area contributed by atoms with Gasteiger partial charge in [-0.3, -0.25) is 9.52 Å². The normalized spacial score (nSPS) is 16.9. The van der Waals surface area contributed by atoms with Crippen LogP contribution in [0.2, 0.25) is 0 Å². The molecule has 0 bridgehead atoms. The molecule has 26 heavy (non-hydrogen) atoms. The second-order valence-electron chi connectivity index (χ2n) is 6.60. The number of benzene rings is 1. The minimum absolute atomic E-state index is 0.125. The maximum atomic E-state index is 12.6. The zero-order valence-corrected chi connectivity index (χ0v) is 15.1. The summed E-state index contributed by atoms with van der Waals surface area (Å²) >= 11 is 0. The monoisotopic (exact) mass is 372 g/mol. The predicted molar refractivity (Wildman–Crippen MR) is 99.9 cm³/mol. The van der Waals surface area contributed by atoms with Gasteiger partial charge in [0.1, 0.15) is 5.82 Å². The minimum atomic E-state index is -3.73. The first-order chi connectivity index (χ1) is 12.5. The maximum Gasteiger partial charge on any atom is 0.261 e. The van der Waals surface area contributed by atoms with E-state index < -0.39 is 10.0 Å². The van der Waals surface area contributed by atoms with Crippen molar-refractivity contribution in [2.24, 2.45) is 0 Å². The highest BCUT2D eigenvalue weighted by molar-refractivity contribution is 7.92. The van der Waals surface area contributed by atoms with Crippen LogP contribution in [-0.2, 0) is 21.2 Å². The smallest absolute Gasteiger partial charge is 0.261 e. The summed E-state index contributed by atoms with van der Waals surface area (Å²) in [6.45, 7) is 1.97. The summed E-state index contributed by atoms with van der Waals surface area (Å²) in [5.41, 5.74) is 1.78. The van der Waals surface area contributed by atoms with Crippen LogP contribution in [0.15, 0.2) is 41.4 Å². The molecule has 0 radical (unpaired) electrons. The number of piperidine rings is 1. The number of rotatable bonds is 4. The number of carbonyl (C=O) groups excluding carboxylic acids is 1. The van der Waals surface area contributed by atoms with Crippen LogP contribution < -0.4 is 14.9 Å². The molecule has 0 saturated carbocycles. The Hall–Kier alpha value is -2.61. The van der Waals surface area contributed by atoms with Crippen LogP contribution in [0.5, 0.6) is 0 Å². The molecule has 0 atom stereocenters.